The van der Waals surface area contributed by atoms with Gasteiger partial charge in [0.1, 0.15) is 6.04 Å². The lowest BCUT2D eigenvalue weighted by Crippen LogP contribution is -2.57. The van der Waals surface area contributed by atoms with Gasteiger partial charge in [0.25, 0.3) is 11.7 Å². The number of methoxy groups -OCH3 is 1. The number of nitro groups is 1. The van der Waals surface area contributed by atoms with E-state index in [0.29, 0.717) is 0 Å². The van der Waals surface area contributed by atoms with Gasteiger partial charge in [0.15, 0.2) is 11.4 Å². The number of amides is 1. The average Bonchev–Trinajstić information content (AvgIpc) is 2.46. The van der Waals surface area contributed by atoms with E-state index in [1.807, 2.05) is 0 Å². The van der Waals surface area contributed by atoms with E-state index in [1.165, 1.54) is 40.0 Å². The SMILES string of the molecule is COC(=O)C(C)N1C(=O)C(C)(C)Oc2ccc([N+](=O)[O-])nc21. The Morgan fingerprint density at radius 2 is 2.14 bits per heavy atom. The Balaban J connectivity index is 2.60. The number of pyridine rings is 1. The van der Waals surface area contributed by atoms with Crippen molar-refractivity contribution < 1.29 is 24.0 Å². The molecule has 9 heteroatoms. The first kappa shape index (κ1) is 15.7. The molecule has 2 heterocycles. The van der Waals surface area contributed by atoms with Crippen molar-refractivity contribution in [3.63, 3.8) is 0 Å². The molecule has 2 rings (SSSR count). The van der Waals surface area contributed by atoms with Gasteiger partial charge in [-0.15, -0.1) is 0 Å². The lowest BCUT2D eigenvalue weighted by atomic mass is 10.0. The number of anilines is 1. The monoisotopic (exact) mass is 309 g/mol. The fourth-order valence-corrected chi connectivity index (χ4v) is 2.12. The second kappa shape index (κ2) is 5.24. The Bertz CT molecular complexity index is 657. The van der Waals surface area contributed by atoms with E-state index in [4.69, 9.17) is 4.74 Å². The molecule has 0 saturated carbocycles. The molecule has 1 aromatic rings. The first-order valence-electron chi connectivity index (χ1n) is 6.45. The standard InChI is InChI=1S/C13H15N3O6/c1-7(11(17)21-4)15-10-8(22-13(2,3)12(15)18)5-6-9(14-10)16(19)20/h5-7H,1-4H3. The molecule has 0 N–H and O–H groups in total. The quantitative estimate of drug-likeness (QED) is 0.466. The number of fused-ring (bicyclic) bond motifs is 1. The molecular weight excluding hydrogens is 294 g/mol. The van der Waals surface area contributed by atoms with Gasteiger partial charge in [-0.05, 0) is 36.7 Å². The lowest BCUT2D eigenvalue weighted by Gasteiger charge is -2.37. The fourth-order valence-electron chi connectivity index (χ4n) is 2.12. The molecule has 1 aromatic heterocycles. The number of nitrogens with zero attached hydrogens (tertiary/aromatic N) is 3. The predicted octanol–water partition coefficient (Wildman–Crippen LogP) is 1.06. The molecule has 0 fully saturated rings. The van der Waals surface area contributed by atoms with Gasteiger partial charge in [0.2, 0.25) is 0 Å². The van der Waals surface area contributed by atoms with Crippen molar-refractivity contribution >= 4 is 23.5 Å². The number of carbonyl (C=O) groups excluding carboxylic acids is 2. The van der Waals surface area contributed by atoms with E-state index < -0.39 is 34.3 Å². The van der Waals surface area contributed by atoms with Crippen molar-refractivity contribution in [1.29, 1.82) is 0 Å². The van der Waals surface area contributed by atoms with Crippen LogP contribution in [0.25, 0.3) is 0 Å². The smallest absolute Gasteiger partial charge is 0.366 e. The molecule has 1 atom stereocenters. The molecule has 22 heavy (non-hydrogen) atoms. The van der Waals surface area contributed by atoms with Crippen LogP contribution in [0.1, 0.15) is 20.8 Å². The van der Waals surface area contributed by atoms with Gasteiger partial charge in [0.05, 0.1) is 7.11 Å². The number of rotatable bonds is 3. The van der Waals surface area contributed by atoms with Gasteiger partial charge >= 0.3 is 11.8 Å². The van der Waals surface area contributed by atoms with Gasteiger partial charge in [-0.1, -0.05) is 0 Å². The summed E-state index contributed by atoms with van der Waals surface area (Å²) in [4.78, 5) is 39.4. The zero-order valence-electron chi connectivity index (χ0n) is 12.5. The second-order valence-corrected chi connectivity index (χ2v) is 5.23. The Kier molecular flexibility index (Phi) is 3.74. The molecular formula is C13H15N3O6. The van der Waals surface area contributed by atoms with Crippen LogP contribution in [0.5, 0.6) is 5.75 Å². The molecule has 1 aliphatic heterocycles. The van der Waals surface area contributed by atoms with E-state index >= 15 is 0 Å². The van der Waals surface area contributed by atoms with Crippen LogP contribution in [0.3, 0.4) is 0 Å². The highest BCUT2D eigenvalue weighted by atomic mass is 16.6. The third-order valence-electron chi connectivity index (χ3n) is 3.27. The minimum absolute atomic E-state index is 0.0728. The molecule has 1 amide bonds. The topological polar surface area (TPSA) is 112 Å². The van der Waals surface area contributed by atoms with Crippen molar-refractivity contribution in [2.24, 2.45) is 0 Å². The first-order valence-corrected chi connectivity index (χ1v) is 6.45. The maximum Gasteiger partial charge on any atom is 0.366 e. The summed E-state index contributed by atoms with van der Waals surface area (Å²) in [7, 11) is 1.19. The van der Waals surface area contributed by atoms with Crippen molar-refractivity contribution in [3.8, 4) is 5.75 Å². The van der Waals surface area contributed by atoms with Gasteiger partial charge < -0.3 is 19.6 Å². The van der Waals surface area contributed by atoms with Gasteiger partial charge in [-0.25, -0.2) is 4.79 Å². The maximum atomic E-state index is 12.5. The number of esters is 1. The number of hydrogen-bond donors (Lipinski definition) is 0. The van der Waals surface area contributed by atoms with Crippen LogP contribution in [-0.2, 0) is 14.3 Å². The van der Waals surface area contributed by atoms with Crippen LogP contribution in [0.15, 0.2) is 12.1 Å². The third kappa shape index (κ3) is 2.45. The molecule has 9 nitrogen and oxygen atoms in total. The highest BCUT2D eigenvalue weighted by Gasteiger charge is 2.47. The van der Waals surface area contributed by atoms with Crippen molar-refractivity contribution in [1.82, 2.24) is 4.98 Å². The average molecular weight is 309 g/mol. The number of ether oxygens (including phenoxy) is 2. The Morgan fingerprint density at radius 3 is 2.68 bits per heavy atom. The molecule has 0 radical (unpaired) electrons. The largest absolute Gasteiger partial charge is 0.472 e. The van der Waals surface area contributed by atoms with Crippen molar-refractivity contribution in [2.45, 2.75) is 32.4 Å². The van der Waals surface area contributed by atoms with Crippen molar-refractivity contribution in [2.75, 3.05) is 12.0 Å². The van der Waals surface area contributed by atoms with E-state index in [2.05, 4.69) is 9.72 Å². The van der Waals surface area contributed by atoms with Crippen LogP contribution in [0.4, 0.5) is 11.6 Å². The van der Waals surface area contributed by atoms with Crippen LogP contribution in [0.2, 0.25) is 0 Å². The Morgan fingerprint density at radius 1 is 1.50 bits per heavy atom. The number of carbonyl (C=O) groups is 2. The lowest BCUT2D eigenvalue weighted by molar-refractivity contribution is -0.389. The minimum Gasteiger partial charge on any atom is -0.472 e. The normalized spacial score (nSPS) is 17.3. The molecule has 118 valence electrons. The summed E-state index contributed by atoms with van der Waals surface area (Å²) in [5.41, 5.74) is -1.23. The Labute approximate surface area is 126 Å². The minimum atomic E-state index is -1.23. The maximum absolute atomic E-state index is 12.5. The van der Waals surface area contributed by atoms with Crippen LogP contribution in [0, 0.1) is 10.1 Å². The summed E-state index contributed by atoms with van der Waals surface area (Å²) in [6.07, 6.45) is 0. The first-order chi connectivity index (χ1) is 10.2. The van der Waals surface area contributed by atoms with Crippen LogP contribution < -0.4 is 9.64 Å². The molecule has 0 spiro atoms. The highest BCUT2D eigenvalue weighted by Crippen LogP contribution is 2.38. The molecule has 1 unspecified atom stereocenters. The highest BCUT2D eigenvalue weighted by molar-refractivity contribution is 6.05. The summed E-state index contributed by atoms with van der Waals surface area (Å²) in [5.74, 6) is -1.53. The molecule has 0 aliphatic carbocycles. The fraction of sp³-hybridized carbons (Fsp3) is 0.462. The van der Waals surface area contributed by atoms with Crippen LogP contribution >= 0.6 is 0 Å². The Hall–Kier alpha value is -2.71. The summed E-state index contributed by atoms with van der Waals surface area (Å²) in [6.45, 7) is 4.53. The van der Waals surface area contributed by atoms with E-state index in [-0.39, 0.29) is 11.6 Å². The van der Waals surface area contributed by atoms with E-state index in [9.17, 15) is 19.7 Å². The zero-order valence-corrected chi connectivity index (χ0v) is 12.5. The summed E-state index contributed by atoms with van der Waals surface area (Å²) in [5, 5.41) is 10.9. The molecule has 0 aromatic carbocycles. The van der Waals surface area contributed by atoms with E-state index in [1.54, 1.807) is 0 Å². The molecule has 0 bridgehead atoms. The van der Waals surface area contributed by atoms with Gasteiger partial charge in [0, 0.05) is 6.07 Å². The van der Waals surface area contributed by atoms with Gasteiger partial charge in [-0.2, -0.15) is 0 Å². The molecule has 1 aliphatic rings. The second-order valence-electron chi connectivity index (χ2n) is 5.23. The summed E-state index contributed by atoms with van der Waals surface area (Å²) >= 11 is 0. The van der Waals surface area contributed by atoms with E-state index in [0.717, 1.165) is 4.90 Å². The number of hydrogen-bond acceptors (Lipinski definition) is 7. The van der Waals surface area contributed by atoms with Crippen LogP contribution in [-0.4, -0.2) is 40.5 Å². The summed E-state index contributed by atoms with van der Waals surface area (Å²) in [6, 6.07) is 1.53. The predicted molar refractivity (Wildman–Crippen MR) is 74.6 cm³/mol. The molecule has 0 saturated heterocycles. The zero-order chi connectivity index (χ0) is 16.7. The summed E-state index contributed by atoms with van der Waals surface area (Å²) < 4.78 is 10.2. The third-order valence-corrected chi connectivity index (χ3v) is 3.27. The van der Waals surface area contributed by atoms with Gasteiger partial charge in [-0.3, -0.25) is 9.69 Å². The number of aromatic nitrogens is 1. The van der Waals surface area contributed by atoms with Crippen molar-refractivity contribution in [3.05, 3.63) is 22.2 Å².